The van der Waals surface area contributed by atoms with Crippen LogP contribution in [0.4, 0.5) is 11.5 Å². The van der Waals surface area contributed by atoms with Crippen molar-refractivity contribution in [3.63, 3.8) is 0 Å². The molecule has 0 N–H and O–H groups in total. The Morgan fingerprint density at radius 3 is 2.39 bits per heavy atom. The van der Waals surface area contributed by atoms with Gasteiger partial charge in [-0.05, 0) is 31.2 Å². The molecule has 0 amide bonds. The summed E-state index contributed by atoms with van der Waals surface area (Å²) in [6, 6.07) is 8.51. The molecule has 0 aliphatic carbocycles. The van der Waals surface area contributed by atoms with Crippen LogP contribution in [0.3, 0.4) is 0 Å². The van der Waals surface area contributed by atoms with E-state index < -0.39 is 0 Å². The Labute approximate surface area is 136 Å². The van der Waals surface area contributed by atoms with Gasteiger partial charge >= 0.3 is 0 Å². The maximum absolute atomic E-state index is 5.34. The number of anilines is 2. The molecule has 122 valence electrons. The van der Waals surface area contributed by atoms with Crippen molar-refractivity contribution in [1.29, 1.82) is 0 Å². The maximum Gasteiger partial charge on any atom is 0.257 e. The van der Waals surface area contributed by atoms with Crippen molar-refractivity contribution in [3.8, 4) is 11.6 Å². The van der Waals surface area contributed by atoms with Crippen LogP contribution in [0.1, 0.15) is 6.92 Å². The molecule has 0 bridgehead atoms. The van der Waals surface area contributed by atoms with E-state index in [1.54, 1.807) is 26.6 Å². The quantitative estimate of drug-likeness (QED) is 0.862. The monoisotopic (exact) mass is 314 g/mol. The summed E-state index contributed by atoms with van der Waals surface area (Å²) in [7, 11) is 3.32. The highest BCUT2D eigenvalue weighted by atomic mass is 16.5. The highest BCUT2D eigenvalue weighted by molar-refractivity contribution is 5.54. The number of benzene rings is 1. The Hall–Kier alpha value is -2.50. The van der Waals surface area contributed by atoms with E-state index in [0.29, 0.717) is 11.9 Å². The molecule has 0 radical (unpaired) electrons. The molecule has 1 aromatic carbocycles. The van der Waals surface area contributed by atoms with Crippen LogP contribution >= 0.6 is 0 Å². The van der Waals surface area contributed by atoms with E-state index in [1.807, 2.05) is 12.1 Å². The number of nitrogens with zero attached hydrogens (tertiary/aromatic N) is 4. The van der Waals surface area contributed by atoms with Gasteiger partial charge < -0.3 is 19.3 Å². The third-order valence-electron chi connectivity index (χ3n) is 4.18. The van der Waals surface area contributed by atoms with E-state index in [1.165, 1.54) is 5.69 Å². The first kappa shape index (κ1) is 15.4. The number of hydrogen-bond acceptors (Lipinski definition) is 6. The van der Waals surface area contributed by atoms with E-state index >= 15 is 0 Å². The van der Waals surface area contributed by atoms with Crippen molar-refractivity contribution in [2.45, 2.75) is 13.0 Å². The molecule has 2 heterocycles. The summed E-state index contributed by atoms with van der Waals surface area (Å²) >= 11 is 0. The van der Waals surface area contributed by atoms with E-state index in [0.717, 1.165) is 31.2 Å². The lowest BCUT2D eigenvalue weighted by Gasteiger charge is -2.41. The van der Waals surface area contributed by atoms with Gasteiger partial charge in [0.05, 0.1) is 14.2 Å². The summed E-state index contributed by atoms with van der Waals surface area (Å²) in [5.41, 5.74) is 1.21. The average molecular weight is 314 g/mol. The number of ether oxygens (including phenoxy) is 2. The topological polar surface area (TPSA) is 50.7 Å². The van der Waals surface area contributed by atoms with Gasteiger partial charge in [-0.1, -0.05) is 0 Å². The Morgan fingerprint density at radius 2 is 1.74 bits per heavy atom. The van der Waals surface area contributed by atoms with Crippen LogP contribution in [-0.4, -0.2) is 49.9 Å². The second-order valence-corrected chi connectivity index (χ2v) is 5.58. The smallest absolute Gasteiger partial charge is 0.257 e. The Kier molecular flexibility index (Phi) is 4.50. The number of piperazine rings is 1. The zero-order valence-corrected chi connectivity index (χ0v) is 13.8. The summed E-state index contributed by atoms with van der Waals surface area (Å²) in [6.45, 7) is 4.93. The number of hydrogen-bond donors (Lipinski definition) is 0. The SMILES string of the molecule is COc1ccc(N2CCN(c3nccnc3OC)C(C)C2)cc1. The second kappa shape index (κ2) is 6.73. The third-order valence-corrected chi connectivity index (χ3v) is 4.18. The summed E-state index contributed by atoms with van der Waals surface area (Å²) in [5.74, 6) is 2.28. The van der Waals surface area contributed by atoms with Crippen LogP contribution in [0.15, 0.2) is 36.7 Å². The first-order chi connectivity index (χ1) is 11.2. The van der Waals surface area contributed by atoms with E-state index in [2.05, 4.69) is 38.8 Å². The van der Waals surface area contributed by atoms with Crippen LogP contribution in [0.5, 0.6) is 11.6 Å². The second-order valence-electron chi connectivity index (χ2n) is 5.58. The molecule has 1 unspecified atom stereocenters. The summed E-state index contributed by atoms with van der Waals surface area (Å²) in [4.78, 5) is 13.3. The van der Waals surface area contributed by atoms with Crippen LogP contribution in [0.2, 0.25) is 0 Å². The zero-order valence-electron chi connectivity index (χ0n) is 13.8. The van der Waals surface area contributed by atoms with Crippen molar-refractivity contribution < 1.29 is 9.47 Å². The van der Waals surface area contributed by atoms with E-state index in [-0.39, 0.29) is 0 Å². The van der Waals surface area contributed by atoms with Crippen LogP contribution in [-0.2, 0) is 0 Å². The van der Waals surface area contributed by atoms with Crippen molar-refractivity contribution >= 4 is 11.5 Å². The number of rotatable bonds is 4. The summed E-state index contributed by atoms with van der Waals surface area (Å²) < 4.78 is 10.6. The van der Waals surface area contributed by atoms with Crippen LogP contribution < -0.4 is 19.3 Å². The Morgan fingerprint density at radius 1 is 1.00 bits per heavy atom. The molecule has 1 aliphatic heterocycles. The molecule has 2 aromatic rings. The lowest BCUT2D eigenvalue weighted by Crippen LogP contribution is -2.52. The van der Waals surface area contributed by atoms with Crippen LogP contribution in [0, 0.1) is 0 Å². The average Bonchev–Trinajstić information content (AvgIpc) is 2.61. The molecular weight excluding hydrogens is 292 g/mol. The Bertz CT molecular complexity index is 647. The first-order valence-electron chi connectivity index (χ1n) is 7.73. The predicted molar refractivity (Wildman–Crippen MR) is 90.6 cm³/mol. The maximum atomic E-state index is 5.34. The van der Waals surface area contributed by atoms with Gasteiger partial charge in [-0.15, -0.1) is 0 Å². The van der Waals surface area contributed by atoms with Gasteiger partial charge in [-0.3, -0.25) is 0 Å². The number of methoxy groups -OCH3 is 2. The predicted octanol–water partition coefficient (Wildman–Crippen LogP) is 2.21. The van der Waals surface area contributed by atoms with Crippen molar-refractivity contribution in [3.05, 3.63) is 36.7 Å². The minimum absolute atomic E-state index is 0.316. The standard InChI is InChI=1S/C17H22N4O2/c1-13-12-20(14-4-6-15(22-2)7-5-14)10-11-21(13)16-17(23-3)19-9-8-18-16/h4-9,13H,10-12H2,1-3H3. The van der Waals surface area contributed by atoms with Gasteiger partial charge in [0.15, 0.2) is 5.82 Å². The fourth-order valence-corrected chi connectivity index (χ4v) is 2.96. The molecule has 3 rings (SSSR count). The lowest BCUT2D eigenvalue weighted by molar-refractivity contribution is 0.392. The number of aromatic nitrogens is 2. The highest BCUT2D eigenvalue weighted by Crippen LogP contribution is 2.28. The molecule has 1 aliphatic rings. The molecule has 0 saturated carbocycles. The zero-order chi connectivity index (χ0) is 16.2. The van der Waals surface area contributed by atoms with Gasteiger partial charge in [0, 0.05) is 43.8 Å². The van der Waals surface area contributed by atoms with Gasteiger partial charge in [0.25, 0.3) is 5.88 Å². The normalized spacial score (nSPS) is 18.0. The van der Waals surface area contributed by atoms with Gasteiger partial charge in [-0.25, -0.2) is 9.97 Å². The van der Waals surface area contributed by atoms with Crippen molar-refractivity contribution in [2.75, 3.05) is 43.7 Å². The molecule has 0 spiro atoms. The van der Waals surface area contributed by atoms with Crippen molar-refractivity contribution in [2.24, 2.45) is 0 Å². The Balaban J connectivity index is 1.74. The molecule has 1 atom stereocenters. The molecule has 1 fully saturated rings. The van der Waals surface area contributed by atoms with E-state index in [4.69, 9.17) is 9.47 Å². The van der Waals surface area contributed by atoms with Gasteiger partial charge in [0.1, 0.15) is 5.75 Å². The molecule has 23 heavy (non-hydrogen) atoms. The van der Waals surface area contributed by atoms with Gasteiger partial charge in [-0.2, -0.15) is 0 Å². The van der Waals surface area contributed by atoms with Crippen LogP contribution in [0.25, 0.3) is 0 Å². The minimum Gasteiger partial charge on any atom is -0.497 e. The lowest BCUT2D eigenvalue weighted by atomic mass is 10.1. The van der Waals surface area contributed by atoms with Crippen molar-refractivity contribution in [1.82, 2.24) is 9.97 Å². The molecule has 1 aromatic heterocycles. The fraction of sp³-hybridized carbons (Fsp3) is 0.412. The summed E-state index contributed by atoms with van der Waals surface area (Å²) in [6.07, 6.45) is 3.36. The highest BCUT2D eigenvalue weighted by Gasteiger charge is 2.27. The fourth-order valence-electron chi connectivity index (χ4n) is 2.96. The summed E-state index contributed by atoms with van der Waals surface area (Å²) in [5, 5.41) is 0. The molecule has 6 nitrogen and oxygen atoms in total. The molecular formula is C17H22N4O2. The van der Waals surface area contributed by atoms with Gasteiger partial charge in [0.2, 0.25) is 0 Å². The molecule has 1 saturated heterocycles. The van der Waals surface area contributed by atoms with E-state index in [9.17, 15) is 0 Å². The largest absolute Gasteiger partial charge is 0.497 e. The first-order valence-corrected chi connectivity index (χ1v) is 7.73. The molecule has 6 heteroatoms. The third kappa shape index (κ3) is 3.16. The minimum atomic E-state index is 0.316.